The predicted octanol–water partition coefficient (Wildman–Crippen LogP) is 17.1. The third-order valence-corrected chi connectivity index (χ3v) is 15.1. The molecule has 0 saturated carbocycles. The van der Waals surface area contributed by atoms with E-state index in [1.807, 2.05) is 0 Å². The van der Waals surface area contributed by atoms with Crippen molar-refractivity contribution < 1.29 is 0 Å². The van der Waals surface area contributed by atoms with Gasteiger partial charge in [0.1, 0.15) is 0 Å². The van der Waals surface area contributed by atoms with E-state index in [-0.39, 0.29) is 6.17 Å². The molecule has 0 radical (unpaired) electrons. The number of anilines is 3. The third-order valence-electron chi connectivity index (χ3n) is 15.1. The van der Waals surface area contributed by atoms with Crippen LogP contribution in [0.4, 0.5) is 17.1 Å². The highest BCUT2D eigenvalue weighted by Crippen LogP contribution is 2.63. The summed E-state index contributed by atoms with van der Waals surface area (Å²) in [5, 5.41) is 7.81. The van der Waals surface area contributed by atoms with Crippen LogP contribution in [0, 0.1) is 0 Å². The summed E-state index contributed by atoms with van der Waals surface area (Å²) in [6.45, 7) is 1.40. The van der Waals surface area contributed by atoms with Crippen LogP contribution in [0.15, 0.2) is 279 Å². The first-order valence-corrected chi connectivity index (χ1v) is 25.4. The Labute approximate surface area is 428 Å². The number of fused-ring (bicyclic) bond motifs is 9. The van der Waals surface area contributed by atoms with Crippen LogP contribution in [0.25, 0.3) is 55.6 Å². The maximum absolute atomic E-state index is 3.93. The van der Waals surface area contributed by atoms with Gasteiger partial charge in [-0.25, -0.2) is 0 Å². The summed E-state index contributed by atoms with van der Waals surface area (Å²) in [5.41, 5.74) is 24.1. The molecule has 0 aromatic heterocycles. The zero-order valence-electron chi connectivity index (χ0n) is 40.5. The third kappa shape index (κ3) is 7.97. The van der Waals surface area contributed by atoms with Crippen LogP contribution in [0.3, 0.4) is 0 Å². The van der Waals surface area contributed by atoms with Crippen molar-refractivity contribution in [3.63, 3.8) is 0 Å². The van der Waals surface area contributed by atoms with E-state index in [9.17, 15) is 0 Å². The van der Waals surface area contributed by atoms with Crippen molar-refractivity contribution in [2.75, 3.05) is 4.90 Å². The lowest BCUT2D eigenvalue weighted by Gasteiger charge is -2.45. The molecule has 1 unspecified atom stereocenters. The molecule has 0 saturated heterocycles. The van der Waals surface area contributed by atoms with Crippen LogP contribution in [-0.4, -0.2) is 0 Å². The summed E-state index contributed by atoms with van der Waals surface area (Å²) in [6.07, 6.45) is -0.0905. The molecule has 1 heterocycles. The number of hydrogen-bond donors (Lipinski definition) is 2. The quantitative estimate of drug-likeness (QED) is 0.120. The van der Waals surface area contributed by atoms with E-state index < -0.39 is 5.41 Å². The van der Waals surface area contributed by atoms with Crippen LogP contribution in [-0.2, 0) is 18.5 Å². The second-order valence-corrected chi connectivity index (χ2v) is 19.3. The average Bonchev–Trinajstić information content (AvgIpc) is 3.77. The molecule has 0 bridgehead atoms. The van der Waals surface area contributed by atoms with Crippen molar-refractivity contribution in [2.45, 2.75) is 24.7 Å². The first kappa shape index (κ1) is 44.1. The molecule has 0 fully saturated rings. The van der Waals surface area contributed by atoms with E-state index in [2.05, 4.69) is 295 Å². The van der Waals surface area contributed by atoms with Gasteiger partial charge in [0.25, 0.3) is 0 Å². The summed E-state index contributed by atoms with van der Waals surface area (Å²) in [5.74, 6) is 0. The Bertz CT molecular complexity index is 3690. The van der Waals surface area contributed by atoms with Crippen molar-refractivity contribution in [2.24, 2.45) is 0 Å². The SMILES string of the molecule is c1ccc(-c2ccc(CNC(NCc3cccc(-c4ccccc4-c4ccc5c(c4)C4(c6ccccc6-5)c5ccccc5N(c5ccccc5)c5ccccc54)c3)c3ccc(-c4ccccc4)cc3)cc2)cc1. The van der Waals surface area contributed by atoms with E-state index in [1.165, 1.54) is 106 Å². The minimum atomic E-state index is -0.529. The van der Waals surface area contributed by atoms with E-state index in [4.69, 9.17) is 0 Å². The smallest absolute Gasteiger partial charge is 0.0840 e. The number of nitrogens with one attached hydrogen (secondary N) is 2. The Kier molecular flexibility index (Phi) is 11.5. The van der Waals surface area contributed by atoms with Crippen molar-refractivity contribution in [1.82, 2.24) is 10.6 Å². The van der Waals surface area contributed by atoms with Gasteiger partial charge in [0.15, 0.2) is 0 Å². The van der Waals surface area contributed by atoms with Gasteiger partial charge in [-0.3, -0.25) is 10.6 Å². The summed E-state index contributed by atoms with van der Waals surface area (Å²) in [7, 11) is 0. The monoisotopic (exact) mass is 935 g/mol. The molecule has 2 N–H and O–H groups in total. The van der Waals surface area contributed by atoms with E-state index in [0.717, 1.165) is 12.2 Å². The second-order valence-electron chi connectivity index (χ2n) is 19.3. The highest BCUT2D eigenvalue weighted by atomic mass is 15.2. The minimum Gasteiger partial charge on any atom is -0.310 e. The summed E-state index contributed by atoms with van der Waals surface area (Å²) in [4.78, 5) is 2.45. The molecule has 2 aliphatic rings. The van der Waals surface area contributed by atoms with Gasteiger partial charge in [-0.1, -0.05) is 243 Å². The molecule has 348 valence electrons. The highest BCUT2D eigenvalue weighted by molar-refractivity contribution is 5.97. The molecule has 11 aromatic rings. The largest absolute Gasteiger partial charge is 0.310 e. The number of hydrogen-bond acceptors (Lipinski definition) is 3. The molecule has 1 aliphatic heterocycles. The average molecular weight is 936 g/mol. The Morgan fingerprint density at radius 2 is 0.740 bits per heavy atom. The molecular formula is C70H53N3. The van der Waals surface area contributed by atoms with Crippen LogP contribution >= 0.6 is 0 Å². The molecule has 11 aromatic carbocycles. The van der Waals surface area contributed by atoms with Crippen LogP contribution in [0.1, 0.15) is 45.1 Å². The molecule has 3 nitrogen and oxygen atoms in total. The number of para-hydroxylation sites is 3. The van der Waals surface area contributed by atoms with Crippen LogP contribution in [0.2, 0.25) is 0 Å². The van der Waals surface area contributed by atoms with Crippen molar-refractivity contribution in [1.29, 1.82) is 0 Å². The molecule has 1 aliphatic carbocycles. The highest BCUT2D eigenvalue weighted by Gasteiger charge is 2.51. The van der Waals surface area contributed by atoms with Gasteiger partial charge in [0.2, 0.25) is 0 Å². The van der Waals surface area contributed by atoms with Crippen LogP contribution in [0.5, 0.6) is 0 Å². The zero-order valence-corrected chi connectivity index (χ0v) is 40.5. The van der Waals surface area contributed by atoms with Crippen LogP contribution < -0.4 is 15.5 Å². The van der Waals surface area contributed by atoms with Gasteiger partial charge in [0, 0.05) is 18.8 Å². The predicted molar refractivity (Wildman–Crippen MR) is 303 cm³/mol. The Morgan fingerprint density at radius 3 is 1.36 bits per heavy atom. The lowest BCUT2D eigenvalue weighted by Crippen LogP contribution is -2.36. The Hall–Kier alpha value is -8.86. The fourth-order valence-electron chi connectivity index (χ4n) is 11.7. The fraction of sp³-hybridized carbons (Fsp3) is 0.0571. The lowest BCUT2D eigenvalue weighted by atomic mass is 9.64. The topological polar surface area (TPSA) is 27.3 Å². The second kappa shape index (κ2) is 19.0. The summed E-state index contributed by atoms with van der Waals surface area (Å²) >= 11 is 0. The van der Waals surface area contributed by atoms with E-state index >= 15 is 0 Å². The van der Waals surface area contributed by atoms with Gasteiger partial charge >= 0.3 is 0 Å². The number of benzene rings is 11. The fourth-order valence-corrected chi connectivity index (χ4v) is 11.7. The van der Waals surface area contributed by atoms with Gasteiger partial charge in [0.05, 0.1) is 23.0 Å². The number of nitrogens with zero attached hydrogens (tertiary/aromatic N) is 1. The zero-order chi connectivity index (χ0) is 48.6. The molecule has 0 amide bonds. The Balaban J connectivity index is 0.838. The first-order chi connectivity index (χ1) is 36.2. The van der Waals surface area contributed by atoms with Crippen molar-refractivity contribution in [3.05, 3.63) is 318 Å². The van der Waals surface area contributed by atoms with Gasteiger partial charge in [-0.2, -0.15) is 0 Å². The first-order valence-electron chi connectivity index (χ1n) is 25.4. The van der Waals surface area contributed by atoms with Gasteiger partial charge in [-0.15, -0.1) is 0 Å². The standard InChI is InChI=1S/C70H53N3/c1-4-20-51(21-5-1)53-37-35-49(36-38-53)47-71-69(55-41-39-54(40-42-55)52-22-6-2-7-23-52)72-48-50-19-18-24-56(45-50)59-27-10-11-28-60(59)57-43-44-62-61-29-12-13-30-63(61)70(66(62)46-57)64-31-14-16-33-67(64)73(58-25-8-3-9-26-58)68-34-17-15-32-65(68)70/h1-46,69,71-72H,47-48H2. The summed E-state index contributed by atoms with van der Waals surface area (Å²) < 4.78 is 0. The molecular weight excluding hydrogens is 883 g/mol. The molecule has 13 rings (SSSR count). The number of rotatable bonds is 12. The van der Waals surface area contributed by atoms with Gasteiger partial charge in [-0.05, 0) is 131 Å². The normalized spacial score (nSPS) is 13.2. The lowest BCUT2D eigenvalue weighted by molar-refractivity contribution is 0.436. The molecule has 3 heteroatoms. The summed E-state index contributed by atoms with van der Waals surface area (Å²) in [6, 6.07) is 102. The van der Waals surface area contributed by atoms with Crippen molar-refractivity contribution in [3.8, 4) is 55.6 Å². The van der Waals surface area contributed by atoms with E-state index in [1.54, 1.807) is 0 Å². The van der Waals surface area contributed by atoms with Crippen molar-refractivity contribution >= 4 is 17.1 Å². The Morgan fingerprint density at radius 1 is 0.301 bits per heavy atom. The molecule has 1 spiro atoms. The maximum Gasteiger partial charge on any atom is 0.0840 e. The molecule has 73 heavy (non-hydrogen) atoms. The van der Waals surface area contributed by atoms with E-state index in [0.29, 0.717) is 6.54 Å². The van der Waals surface area contributed by atoms with Gasteiger partial charge < -0.3 is 4.90 Å². The maximum atomic E-state index is 3.93. The minimum absolute atomic E-state index is 0.0905. The molecule has 1 atom stereocenters.